The molecule has 2 rings (SSSR count). The molecule has 1 heterocycles. The van der Waals surface area contributed by atoms with E-state index in [0.717, 1.165) is 12.1 Å². The van der Waals surface area contributed by atoms with Crippen molar-refractivity contribution in [2.24, 2.45) is 12.8 Å². The number of nitrogens with zero attached hydrogens (tertiary/aromatic N) is 2. The monoisotopic (exact) mass is 289 g/mol. The molecular weight excluding hydrogens is 266 g/mol. The maximum atomic E-state index is 5.97. The van der Waals surface area contributed by atoms with E-state index < -0.39 is 0 Å². The molecule has 0 radical (unpaired) electrons. The lowest BCUT2D eigenvalue weighted by molar-refractivity contribution is 0.677. The van der Waals surface area contributed by atoms with Gasteiger partial charge in [0.2, 0.25) is 0 Å². The summed E-state index contributed by atoms with van der Waals surface area (Å²) < 4.78 is 1.97. The zero-order valence-electron chi connectivity index (χ0n) is 12.9. The summed E-state index contributed by atoms with van der Waals surface area (Å²) in [6, 6.07) is 6.71. The van der Waals surface area contributed by atoms with Crippen molar-refractivity contribution in [1.82, 2.24) is 9.78 Å². The Balaban J connectivity index is 2.40. The summed E-state index contributed by atoms with van der Waals surface area (Å²) in [7, 11) is 2.01. The van der Waals surface area contributed by atoms with E-state index in [0.29, 0.717) is 0 Å². The molecule has 0 fully saturated rings. The molecule has 3 nitrogen and oxygen atoms in total. The molecule has 20 heavy (non-hydrogen) atoms. The molecule has 0 spiro atoms. The molecule has 1 aromatic heterocycles. The van der Waals surface area contributed by atoms with Crippen LogP contribution in [0, 0.1) is 20.8 Å². The summed E-state index contributed by atoms with van der Waals surface area (Å²) in [5.41, 5.74) is 10.9. The highest BCUT2D eigenvalue weighted by molar-refractivity contribution is 7.99. The zero-order chi connectivity index (χ0) is 14.9. The van der Waals surface area contributed by atoms with Crippen LogP contribution in [0.5, 0.6) is 0 Å². The van der Waals surface area contributed by atoms with Crippen LogP contribution < -0.4 is 5.73 Å². The molecule has 0 aliphatic heterocycles. The van der Waals surface area contributed by atoms with Crippen LogP contribution in [-0.2, 0) is 13.5 Å². The Morgan fingerprint density at radius 3 is 2.65 bits per heavy atom. The Hall–Kier alpha value is -1.26. The molecule has 1 aromatic carbocycles. The van der Waals surface area contributed by atoms with Crippen molar-refractivity contribution in [3.05, 3.63) is 40.6 Å². The van der Waals surface area contributed by atoms with Crippen LogP contribution in [0.25, 0.3) is 0 Å². The lowest BCUT2D eigenvalue weighted by Crippen LogP contribution is -2.18. The van der Waals surface area contributed by atoms with E-state index in [1.54, 1.807) is 11.8 Å². The summed E-state index contributed by atoms with van der Waals surface area (Å²) in [4.78, 5) is 1.29. The summed E-state index contributed by atoms with van der Waals surface area (Å²) >= 11 is 1.79. The van der Waals surface area contributed by atoms with E-state index in [4.69, 9.17) is 5.73 Å². The highest BCUT2D eigenvalue weighted by atomic mass is 32.2. The SMILES string of the molecule is Cc1ccc(C)c(Sc2c(CC(C)N)c(C)nn2C)c1. The van der Waals surface area contributed by atoms with Crippen molar-refractivity contribution in [1.29, 1.82) is 0 Å². The van der Waals surface area contributed by atoms with Crippen LogP contribution in [0.2, 0.25) is 0 Å². The number of aromatic nitrogens is 2. The average Bonchev–Trinajstić information content (AvgIpc) is 2.60. The van der Waals surface area contributed by atoms with Gasteiger partial charge in [0.15, 0.2) is 0 Å². The largest absolute Gasteiger partial charge is 0.328 e. The molecule has 0 saturated heterocycles. The van der Waals surface area contributed by atoms with Gasteiger partial charge >= 0.3 is 0 Å². The van der Waals surface area contributed by atoms with Gasteiger partial charge in [-0.15, -0.1) is 0 Å². The van der Waals surface area contributed by atoms with Gasteiger partial charge < -0.3 is 5.73 Å². The van der Waals surface area contributed by atoms with E-state index >= 15 is 0 Å². The second-order valence-electron chi connectivity index (χ2n) is 5.55. The molecule has 0 aliphatic rings. The molecular formula is C16H23N3S. The molecule has 0 saturated carbocycles. The second-order valence-corrected chi connectivity index (χ2v) is 6.58. The number of aryl methyl sites for hydroxylation is 4. The van der Waals surface area contributed by atoms with Crippen LogP contribution in [0.3, 0.4) is 0 Å². The summed E-state index contributed by atoms with van der Waals surface area (Å²) in [5.74, 6) is 0. The second kappa shape index (κ2) is 6.02. The Kier molecular flexibility index (Phi) is 4.55. The lowest BCUT2D eigenvalue weighted by Gasteiger charge is -2.11. The van der Waals surface area contributed by atoms with Crippen molar-refractivity contribution in [2.45, 2.75) is 50.1 Å². The van der Waals surface area contributed by atoms with Crippen LogP contribution in [0.4, 0.5) is 0 Å². The van der Waals surface area contributed by atoms with Gasteiger partial charge in [0.05, 0.1) is 5.69 Å². The highest BCUT2D eigenvalue weighted by Crippen LogP contribution is 2.34. The van der Waals surface area contributed by atoms with Crippen molar-refractivity contribution in [3.63, 3.8) is 0 Å². The van der Waals surface area contributed by atoms with E-state index in [-0.39, 0.29) is 6.04 Å². The predicted molar refractivity (Wildman–Crippen MR) is 85.3 cm³/mol. The first kappa shape index (κ1) is 15.1. The molecule has 0 aliphatic carbocycles. The van der Waals surface area contributed by atoms with Crippen LogP contribution in [-0.4, -0.2) is 15.8 Å². The zero-order valence-corrected chi connectivity index (χ0v) is 13.7. The first-order valence-corrected chi connectivity index (χ1v) is 7.73. The maximum absolute atomic E-state index is 5.97. The van der Waals surface area contributed by atoms with Crippen molar-refractivity contribution < 1.29 is 0 Å². The number of benzene rings is 1. The fourth-order valence-electron chi connectivity index (χ4n) is 2.29. The quantitative estimate of drug-likeness (QED) is 0.938. The van der Waals surface area contributed by atoms with E-state index in [2.05, 4.69) is 44.1 Å². The smallest absolute Gasteiger partial charge is 0.102 e. The van der Waals surface area contributed by atoms with Crippen molar-refractivity contribution in [2.75, 3.05) is 0 Å². The van der Waals surface area contributed by atoms with Gasteiger partial charge in [-0.1, -0.05) is 23.9 Å². The Morgan fingerprint density at radius 1 is 1.30 bits per heavy atom. The minimum Gasteiger partial charge on any atom is -0.328 e. The van der Waals surface area contributed by atoms with Gasteiger partial charge in [-0.05, 0) is 51.3 Å². The Labute approximate surface area is 125 Å². The first-order valence-electron chi connectivity index (χ1n) is 6.91. The Bertz CT molecular complexity index is 614. The van der Waals surface area contributed by atoms with Crippen molar-refractivity contribution in [3.8, 4) is 0 Å². The predicted octanol–water partition coefficient (Wildman–Crippen LogP) is 3.39. The van der Waals surface area contributed by atoms with Gasteiger partial charge in [0.25, 0.3) is 0 Å². The maximum Gasteiger partial charge on any atom is 0.102 e. The first-order chi connectivity index (χ1) is 9.38. The third-order valence-corrected chi connectivity index (χ3v) is 4.73. The third kappa shape index (κ3) is 3.25. The van der Waals surface area contributed by atoms with Gasteiger partial charge in [-0.3, -0.25) is 4.68 Å². The lowest BCUT2D eigenvalue weighted by atomic mass is 10.1. The van der Waals surface area contributed by atoms with Crippen LogP contribution in [0.15, 0.2) is 28.1 Å². The number of hydrogen-bond acceptors (Lipinski definition) is 3. The van der Waals surface area contributed by atoms with Gasteiger partial charge in [-0.2, -0.15) is 5.10 Å². The molecule has 108 valence electrons. The van der Waals surface area contributed by atoms with Crippen LogP contribution >= 0.6 is 11.8 Å². The molecule has 0 amide bonds. The number of nitrogens with two attached hydrogens (primary N) is 1. The molecule has 4 heteroatoms. The fraction of sp³-hybridized carbons (Fsp3) is 0.438. The van der Waals surface area contributed by atoms with Gasteiger partial charge in [0.1, 0.15) is 5.03 Å². The summed E-state index contributed by atoms with van der Waals surface area (Å²) in [5, 5.41) is 5.75. The summed E-state index contributed by atoms with van der Waals surface area (Å²) in [6.07, 6.45) is 0.868. The van der Waals surface area contributed by atoms with E-state index in [1.807, 2.05) is 18.7 Å². The topological polar surface area (TPSA) is 43.8 Å². The highest BCUT2D eigenvalue weighted by Gasteiger charge is 2.16. The average molecular weight is 289 g/mol. The standard InChI is InChI=1S/C16H23N3S/c1-10-6-7-11(2)15(8-10)20-16-14(9-12(3)17)13(4)18-19(16)5/h6-8,12H,9,17H2,1-5H3. The fourth-order valence-corrected chi connectivity index (χ4v) is 3.50. The number of hydrogen-bond donors (Lipinski definition) is 1. The Morgan fingerprint density at radius 2 is 2.00 bits per heavy atom. The molecule has 2 aromatic rings. The molecule has 1 atom stereocenters. The van der Waals surface area contributed by atoms with Gasteiger partial charge in [0, 0.05) is 23.5 Å². The van der Waals surface area contributed by atoms with Gasteiger partial charge in [-0.25, -0.2) is 0 Å². The van der Waals surface area contributed by atoms with Crippen LogP contribution in [0.1, 0.15) is 29.3 Å². The summed E-state index contributed by atoms with van der Waals surface area (Å²) in [6.45, 7) is 8.38. The molecule has 1 unspecified atom stereocenters. The molecule has 0 bridgehead atoms. The minimum absolute atomic E-state index is 0.149. The van der Waals surface area contributed by atoms with Crippen molar-refractivity contribution >= 4 is 11.8 Å². The normalized spacial score (nSPS) is 12.7. The molecule has 2 N–H and O–H groups in total. The number of rotatable bonds is 4. The third-order valence-electron chi connectivity index (χ3n) is 3.37. The van der Waals surface area contributed by atoms with E-state index in [1.165, 1.54) is 26.6 Å². The minimum atomic E-state index is 0.149. The van der Waals surface area contributed by atoms with E-state index in [9.17, 15) is 0 Å².